The number of aromatic nitrogens is 1. The van der Waals surface area contributed by atoms with Gasteiger partial charge in [-0.2, -0.15) is 0 Å². The molecule has 2 amide bonds. The summed E-state index contributed by atoms with van der Waals surface area (Å²) in [6.07, 6.45) is 1.48. The molecule has 0 N–H and O–H groups in total. The lowest BCUT2D eigenvalue weighted by molar-refractivity contribution is 0.0139. The maximum atomic E-state index is 13.0. The fraction of sp³-hybridized carbons (Fsp3) is 0.429. The maximum absolute atomic E-state index is 13.0. The van der Waals surface area contributed by atoms with Gasteiger partial charge in [-0.05, 0) is 32.4 Å². The summed E-state index contributed by atoms with van der Waals surface area (Å²) >= 11 is 0. The van der Waals surface area contributed by atoms with Gasteiger partial charge in [0.25, 0.3) is 5.91 Å². The van der Waals surface area contributed by atoms with Crippen molar-refractivity contribution in [3.8, 4) is 0 Å². The molecule has 2 heterocycles. The monoisotopic (exact) mass is 369 g/mol. The number of amides is 2. The van der Waals surface area contributed by atoms with Gasteiger partial charge in [-0.25, -0.2) is 4.79 Å². The van der Waals surface area contributed by atoms with E-state index in [0.29, 0.717) is 31.9 Å². The molecule has 1 aromatic heterocycles. The number of carbonyl (C=O) groups is 2. The molecular weight excluding hydrogens is 342 g/mol. The Morgan fingerprint density at radius 1 is 1.11 bits per heavy atom. The molecule has 1 aromatic carbocycles. The van der Waals surface area contributed by atoms with Crippen LogP contribution < -0.4 is 0 Å². The summed E-state index contributed by atoms with van der Waals surface area (Å²) in [6, 6.07) is 7.88. The van der Waals surface area contributed by atoms with Crippen LogP contribution in [0.4, 0.5) is 4.79 Å². The fourth-order valence-corrected chi connectivity index (χ4v) is 3.40. The first kappa shape index (κ1) is 19.0. The second-order valence-corrected chi connectivity index (χ2v) is 7.84. The quantitative estimate of drug-likeness (QED) is 0.814. The Bertz CT molecular complexity index is 884. The van der Waals surface area contributed by atoms with Gasteiger partial charge in [0, 0.05) is 38.6 Å². The largest absolute Gasteiger partial charge is 0.444 e. The summed E-state index contributed by atoms with van der Waals surface area (Å²) in [5.74, 6) is -0.0208. The van der Waals surface area contributed by atoms with E-state index in [1.807, 2.05) is 56.7 Å². The Labute approximate surface area is 160 Å². The number of hydrogen-bond donors (Lipinski definition) is 0. The molecule has 1 saturated heterocycles. The molecule has 27 heavy (non-hydrogen) atoms. The van der Waals surface area contributed by atoms with Crippen molar-refractivity contribution >= 4 is 29.0 Å². The highest BCUT2D eigenvalue weighted by Gasteiger charge is 2.29. The van der Waals surface area contributed by atoms with E-state index in [4.69, 9.17) is 4.74 Å². The lowest BCUT2D eigenvalue weighted by Gasteiger charge is -2.35. The van der Waals surface area contributed by atoms with Gasteiger partial charge in [0.2, 0.25) is 0 Å². The van der Waals surface area contributed by atoms with Crippen LogP contribution >= 0.6 is 0 Å². The van der Waals surface area contributed by atoms with E-state index in [1.165, 1.54) is 0 Å². The molecule has 0 spiro atoms. The van der Waals surface area contributed by atoms with Crippen molar-refractivity contribution < 1.29 is 14.3 Å². The van der Waals surface area contributed by atoms with E-state index in [2.05, 4.69) is 6.58 Å². The van der Waals surface area contributed by atoms with Crippen LogP contribution in [0.5, 0.6) is 0 Å². The summed E-state index contributed by atoms with van der Waals surface area (Å²) in [5.41, 5.74) is 2.13. The molecule has 1 aliphatic heterocycles. The van der Waals surface area contributed by atoms with Crippen LogP contribution in [0.25, 0.3) is 17.0 Å². The van der Waals surface area contributed by atoms with Crippen molar-refractivity contribution in [2.24, 2.45) is 7.05 Å². The van der Waals surface area contributed by atoms with E-state index in [9.17, 15) is 9.59 Å². The number of benzene rings is 1. The van der Waals surface area contributed by atoms with E-state index in [-0.39, 0.29) is 12.0 Å². The zero-order valence-corrected chi connectivity index (χ0v) is 16.5. The lowest BCUT2D eigenvalue weighted by Crippen LogP contribution is -2.51. The third kappa shape index (κ3) is 3.84. The Kier molecular flexibility index (Phi) is 5.00. The van der Waals surface area contributed by atoms with E-state index in [1.54, 1.807) is 15.9 Å². The van der Waals surface area contributed by atoms with Gasteiger partial charge in [0.15, 0.2) is 0 Å². The number of aryl methyl sites for hydroxylation is 1. The number of piperazine rings is 1. The number of nitrogens with zero attached hydrogens (tertiary/aromatic N) is 3. The molecule has 0 atom stereocenters. The minimum absolute atomic E-state index is 0.0208. The number of carbonyl (C=O) groups excluding carboxylic acids is 2. The predicted molar refractivity (Wildman–Crippen MR) is 107 cm³/mol. The van der Waals surface area contributed by atoms with Crippen molar-refractivity contribution in [3.05, 3.63) is 42.1 Å². The third-order valence-corrected chi connectivity index (χ3v) is 4.75. The minimum atomic E-state index is -0.518. The molecule has 144 valence electrons. The Hall–Kier alpha value is -2.76. The number of rotatable bonds is 2. The topological polar surface area (TPSA) is 54.8 Å². The van der Waals surface area contributed by atoms with Crippen molar-refractivity contribution in [1.29, 1.82) is 0 Å². The minimum Gasteiger partial charge on any atom is -0.444 e. The molecule has 6 nitrogen and oxygen atoms in total. The van der Waals surface area contributed by atoms with Crippen LogP contribution in [-0.2, 0) is 11.8 Å². The number of fused-ring (bicyclic) bond motifs is 1. The standard InChI is InChI=1S/C21H27N3O3/c1-6-15-8-7-9-16-14-17(22(5)18(15)16)19(25)23-10-12-24(13-11-23)20(26)27-21(2,3)4/h6-9,14H,1,10-13H2,2-5H3. The second kappa shape index (κ2) is 7.10. The number of para-hydroxylation sites is 1. The first-order chi connectivity index (χ1) is 12.7. The summed E-state index contributed by atoms with van der Waals surface area (Å²) in [6.45, 7) is 11.3. The van der Waals surface area contributed by atoms with Crippen LogP contribution in [0.2, 0.25) is 0 Å². The first-order valence-corrected chi connectivity index (χ1v) is 9.19. The molecule has 0 radical (unpaired) electrons. The summed E-state index contributed by atoms with van der Waals surface area (Å²) in [4.78, 5) is 28.7. The zero-order chi connectivity index (χ0) is 19.8. The Balaban J connectivity index is 1.73. The molecule has 6 heteroatoms. The lowest BCUT2D eigenvalue weighted by atomic mass is 10.1. The van der Waals surface area contributed by atoms with Crippen LogP contribution in [0.15, 0.2) is 30.8 Å². The van der Waals surface area contributed by atoms with Gasteiger partial charge in [-0.3, -0.25) is 4.79 Å². The number of hydrogen-bond acceptors (Lipinski definition) is 3. The summed E-state index contributed by atoms with van der Waals surface area (Å²) in [7, 11) is 1.90. The summed E-state index contributed by atoms with van der Waals surface area (Å²) in [5, 5.41) is 1.02. The van der Waals surface area contributed by atoms with Crippen LogP contribution in [0.3, 0.4) is 0 Å². The second-order valence-electron chi connectivity index (χ2n) is 7.84. The van der Waals surface area contributed by atoms with Gasteiger partial charge < -0.3 is 19.1 Å². The van der Waals surface area contributed by atoms with Gasteiger partial charge in [0.05, 0.1) is 5.52 Å². The predicted octanol–water partition coefficient (Wildman–Crippen LogP) is 3.51. The third-order valence-electron chi connectivity index (χ3n) is 4.75. The van der Waals surface area contributed by atoms with Gasteiger partial charge in [0.1, 0.15) is 11.3 Å². The molecule has 1 fully saturated rings. The average Bonchev–Trinajstić information content (AvgIpc) is 2.97. The molecule has 0 bridgehead atoms. The molecule has 0 unspecified atom stereocenters. The van der Waals surface area contributed by atoms with Gasteiger partial charge in [-0.1, -0.05) is 30.9 Å². The molecule has 0 aliphatic carbocycles. The first-order valence-electron chi connectivity index (χ1n) is 9.19. The summed E-state index contributed by atoms with van der Waals surface area (Å²) < 4.78 is 7.34. The normalized spacial score (nSPS) is 15.1. The maximum Gasteiger partial charge on any atom is 0.410 e. The molecular formula is C21H27N3O3. The SMILES string of the molecule is C=Cc1cccc2cc(C(=O)N3CCN(C(=O)OC(C)(C)C)CC3)n(C)c12. The highest BCUT2D eigenvalue weighted by Crippen LogP contribution is 2.24. The van der Waals surface area contributed by atoms with Crippen molar-refractivity contribution in [2.75, 3.05) is 26.2 Å². The van der Waals surface area contributed by atoms with Gasteiger partial charge >= 0.3 is 6.09 Å². The highest BCUT2D eigenvalue weighted by atomic mass is 16.6. The van der Waals surface area contributed by atoms with Crippen LogP contribution in [-0.4, -0.2) is 58.1 Å². The van der Waals surface area contributed by atoms with E-state index in [0.717, 1.165) is 16.5 Å². The smallest absolute Gasteiger partial charge is 0.410 e. The molecule has 0 saturated carbocycles. The van der Waals surface area contributed by atoms with Gasteiger partial charge in [-0.15, -0.1) is 0 Å². The Morgan fingerprint density at radius 3 is 2.33 bits per heavy atom. The van der Waals surface area contributed by atoms with Crippen molar-refractivity contribution in [3.63, 3.8) is 0 Å². The van der Waals surface area contributed by atoms with E-state index < -0.39 is 5.60 Å². The van der Waals surface area contributed by atoms with E-state index >= 15 is 0 Å². The van der Waals surface area contributed by atoms with Crippen LogP contribution in [0.1, 0.15) is 36.8 Å². The zero-order valence-electron chi connectivity index (χ0n) is 16.5. The fourth-order valence-electron chi connectivity index (χ4n) is 3.40. The highest BCUT2D eigenvalue weighted by molar-refractivity contribution is 6.00. The molecule has 3 rings (SSSR count). The average molecular weight is 369 g/mol. The van der Waals surface area contributed by atoms with Crippen LogP contribution in [0, 0.1) is 0 Å². The molecule has 1 aliphatic rings. The number of ether oxygens (including phenoxy) is 1. The Morgan fingerprint density at radius 2 is 1.74 bits per heavy atom. The van der Waals surface area contributed by atoms with Crippen molar-refractivity contribution in [1.82, 2.24) is 14.4 Å². The molecule has 2 aromatic rings. The van der Waals surface area contributed by atoms with Crippen molar-refractivity contribution in [2.45, 2.75) is 26.4 Å².